The Morgan fingerprint density at radius 1 is 1.03 bits per heavy atom. The molecule has 8 nitrogen and oxygen atoms in total. The number of carbonyl (C=O) groups excluding carboxylic acids is 1. The summed E-state index contributed by atoms with van der Waals surface area (Å²) in [4.78, 5) is 23.8. The van der Waals surface area contributed by atoms with E-state index in [4.69, 9.17) is 0 Å². The van der Waals surface area contributed by atoms with Gasteiger partial charge in [0.1, 0.15) is 11.3 Å². The van der Waals surface area contributed by atoms with Gasteiger partial charge in [-0.1, -0.05) is 0 Å². The first-order chi connectivity index (χ1) is 15.1. The van der Waals surface area contributed by atoms with Crippen LogP contribution in [0.2, 0.25) is 0 Å². The SMILES string of the molecule is CC(F)(F)c1ccc(S(=O)(=O)c2ccc(CNC(=O)c3ccc4nccn4c3)nc2)cn1. The highest BCUT2D eigenvalue weighted by Gasteiger charge is 2.27. The number of carbonyl (C=O) groups is 1. The van der Waals surface area contributed by atoms with Gasteiger partial charge in [0, 0.05) is 37.9 Å². The Morgan fingerprint density at radius 3 is 2.38 bits per heavy atom. The molecule has 4 aromatic heterocycles. The zero-order valence-electron chi connectivity index (χ0n) is 16.7. The van der Waals surface area contributed by atoms with Crippen molar-refractivity contribution in [1.82, 2.24) is 24.7 Å². The molecule has 0 atom stereocenters. The number of rotatable bonds is 6. The van der Waals surface area contributed by atoms with Crippen LogP contribution in [0.25, 0.3) is 5.65 Å². The van der Waals surface area contributed by atoms with Crippen molar-refractivity contribution in [3.63, 3.8) is 0 Å². The molecule has 164 valence electrons. The zero-order chi connectivity index (χ0) is 22.9. The summed E-state index contributed by atoms with van der Waals surface area (Å²) in [6.07, 6.45) is 7.04. The molecule has 0 aliphatic heterocycles. The fraction of sp³-hybridized carbons (Fsp3) is 0.143. The lowest BCUT2D eigenvalue weighted by Gasteiger charge is -2.10. The topological polar surface area (TPSA) is 106 Å². The van der Waals surface area contributed by atoms with Crippen LogP contribution in [0.15, 0.2) is 77.2 Å². The summed E-state index contributed by atoms with van der Waals surface area (Å²) >= 11 is 0. The molecule has 1 amide bonds. The van der Waals surface area contributed by atoms with E-state index in [0.717, 1.165) is 24.5 Å². The maximum Gasteiger partial charge on any atom is 0.286 e. The second-order valence-corrected chi connectivity index (χ2v) is 9.00. The van der Waals surface area contributed by atoms with Crippen molar-refractivity contribution in [3.05, 3.63) is 84.3 Å². The third kappa shape index (κ3) is 4.33. The van der Waals surface area contributed by atoms with Gasteiger partial charge in [0.2, 0.25) is 9.84 Å². The second kappa shape index (κ2) is 8.08. The normalized spacial score (nSPS) is 12.1. The van der Waals surface area contributed by atoms with E-state index in [-0.39, 0.29) is 22.2 Å². The lowest BCUT2D eigenvalue weighted by molar-refractivity contribution is 0.0126. The Labute approximate surface area is 181 Å². The number of amides is 1. The minimum atomic E-state index is -3.97. The fourth-order valence-electron chi connectivity index (χ4n) is 2.94. The zero-order valence-corrected chi connectivity index (χ0v) is 17.6. The van der Waals surface area contributed by atoms with Gasteiger partial charge < -0.3 is 9.72 Å². The molecule has 0 unspecified atom stereocenters. The molecular weight excluding hydrogens is 440 g/mol. The van der Waals surface area contributed by atoms with Crippen LogP contribution in [0.1, 0.15) is 28.7 Å². The van der Waals surface area contributed by atoms with Crippen molar-refractivity contribution in [2.24, 2.45) is 0 Å². The first-order valence-electron chi connectivity index (χ1n) is 9.40. The van der Waals surface area contributed by atoms with Crippen LogP contribution < -0.4 is 5.32 Å². The number of fused-ring (bicyclic) bond motifs is 1. The quantitative estimate of drug-likeness (QED) is 0.477. The van der Waals surface area contributed by atoms with E-state index in [1.807, 2.05) is 0 Å². The van der Waals surface area contributed by atoms with E-state index in [0.29, 0.717) is 23.8 Å². The number of imidazole rings is 1. The predicted octanol–water partition coefficient (Wildman–Crippen LogP) is 3.00. The Morgan fingerprint density at radius 2 is 1.75 bits per heavy atom. The van der Waals surface area contributed by atoms with Crippen LogP contribution in [-0.2, 0) is 22.3 Å². The minimum Gasteiger partial charge on any atom is -0.346 e. The number of sulfone groups is 1. The number of nitrogens with one attached hydrogen (secondary N) is 1. The summed E-state index contributed by atoms with van der Waals surface area (Å²) in [5, 5.41) is 2.72. The maximum absolute atomic E-state index is 13.3. The Bertz CT molecular complexity index is 1380. The average molecular weight is 457 g/mol. The molecule has 0 bridgehead atoms. The monoisotopic (exact) mass is 457 g/mol. The molecule has 4 heterocycles. The number of halogens is 2. The number of nitrogens with zero attached hydrogens (tertiary/aromatic N) is 4. The number of pyridine rings is 3. The molecule has 0 radical (unpaired) electrons. The Kier molecular flexibility index (Phi) is 5.43. The van der Waals surface area contributed by atoms with Crippen molar-refractivity contribution in [1.29, 1.82) is 0 Å². The first-order valence-corrected chi connectivity index (χ1v) is 10.9. The number of alkyl halides is 2. The van der Waals surface area contributed by atoms with Gasteiger partial charge in [-0.15, -0.1) is 0 Å². The summed E-state index contributed by atoms with van der Waals surface area (Å²) in [6.45, 7) is 0.768. The highest BCUT2D eigenvalue weighted by Crippen LogP contribution is 2.27. The number of hydrogen-bond donors (Lipinski definition) is 1. The molecular formula is C21H17F2N5O3S. The molecule has 1 N–H and O–H groups in total. The van der Waals surface area contributed by atoms with Gasteiger partial charge in [0.25, 0.3) is 11.8 Å². The first kappa shape index (κ1) is 21.5. The van der Waals surface area contributed by atoms with Crippen molar-refractivity contribution in [2.45, 2.75) is 29.2 Å². The van der Waals surface area contributed by atoms with E-state index in [1.165, 1.54) is 12.1 Å². The van der Waals surface area contributed by atoms with E-state index >= 15 is 0 Å². The average Bonchev–Trinajstić information content (AvgIpc) is 3.25. The molecule has 32 heavy (non-hydrogen) atoms. The predicted molar refractivity (Wildman–Crippen MR) is 110 cm³/mol. The van der Waals surface area contributed by atoms with Crippen molar-refractivity contribution in [2.75, 3.05) is 0 Å². The fourth-order valence-corrected chi connectivity index (χ4v) is 4.09. The van der Waals surface area contributed by atoms with Gasteiger partial charge in [0.05, 0.1) is 27.6 Å². The molecule has 0 saturated carbocycles. The standard InChI is InChI=1S/C21H17F2N5O3S/c1-21(22,23)18-6-5-17(12-26-18)32(30,31)16-4-3-15(25-11-16)10-27-20(29)14-2-7-19-24-8-9-28(19)13-14/h2-9,11-13H,10H2,1H3,(H,27,29). The molecule has 0 aliphatic rings. The lowest BCUT2D eigenvalue weighted by atomic mass is 10.2. The van der Waals surface area contributed by atoms with Crippen LogP contribution in [0.4, 0.5) is 8.78 Å². The number of aromatic nitrogens is 4. The molecule has 4 aromatic rings. The van der Waals surface area contributed by atoms with E-state index in [1.54, 1.807) is 35.1 Å². The second-order valence-electron chi connectivity index (χ2n) is 7.05. The van der Waals surface area contributed by atoms with Crippen molar-refractivity contribution in [3.8, 4) is 0 Å². The Hall–Kier alpha value is -3.73. The largest absolute Gasteiger partial charge is 0.346 e. The summed E-state index contributed by atoms with van der Waals surface area (Å²) in [5.41, 5.74) is 1.07. The van der Waals surface area contributed by atoms with Crippen LogP contribution in [0.3, 0.4) is 0 Å². The van der Waals surface area contributed by atoms with Gasteiger partial charge in [-0.05, 0) is 36.4 Å². The molecule has 0 aromatic carbocycles. The smallest absolute Gasteiger partial charge is 0.286 e. The van der Waals surface area contributed by atoms with Crippen LogP contribution in [-0.4, -0.2) is 33.7 Å². The van der Waals surface area contributed by atoms with Crippen LogP contribution >= 0.6 is 0 Å². The number of hydrogen-bond acceptors (Lipinski definition) is 6. The van der Waals surface area contributed by atoms with E-state index in [2.05, 4.69) is 20.3 Å². The summed E-state index contributed by atoms with van der Waals surface area (Å²) in [7, 11) is -3.97. The van der Waals surface area contributed by atoms with E-state index < -0.39 is 21.5 Å². The molecule has 0 fully saturated rings. The molecule has 0 aliphatic carbocycles. The molecule has 4 rings (SSSR count). The molecule has 11 heteroatoms. The maximum atomic E-state index is 13.3. The minimum absolute atomic E-state index is 0.0863. The van der Waals surface area contributed by atoms with Gasteiger partial charge in [-0.2, -0.15) is 8.78 Å². The van der Waals surface area contributed by atoms with Crippen LogP contribution in [0, 0.1) is 0 Å². The third-order valence-electron chi connectivity index (χ3n) is 4.69. The van der Waals surface area contributed by atoms with Crippen LogP contribution in [0.5, 0.6) is 0 Å². The van der Waals surface area contributed by atoms with Crippen molar-refractivity contribution >= 4 is 21.4 Å². The third-order valence-corrected chi connectivity index (χ3v) is 6.41. The molecule has 0 saturated heterocycles. The summed E-state index contributed by atoms with van der Waals surface area (Å²) in [6, 6.07) is 8.23. The van der Waals surface area contributed by atoms with Gasteiger partial charge in [0.15, 0.2) is 0 Å². The Balaban J connectivity index is 1.44. The molecule has 0 spiro atoms. The van der Waals surface area contributed by atoms with Gasteiger partial charge in [-0.3, -0.25) is 14.8 Å². The van der Waals surface area contributed by atoms with Crippen molar-refractivity contribution < 1.29 is 22.0 Å². The lowest BCUT2D eigenvalue weighted by Crippen LogP contribution is -2.23. The van der Waals surface area contributed by atoms with Gasteiger partial charge in [-0.25, -0.2) is 13.4 Å². The van der Waals surface area contributed by atoms with Gasteiger partial charge >= 0.3 is 0 Å². The summed E-state index contributed by atoms with van der Waals surface area (Å²) in [5.74, 6) is -3.49. The highest BCUT2D eigenvalue weighted by atomic mass is 32.2. The highest BCUT2D eigenvalue weighted by molar-refractivity contribution is 7.91. The van der Waals surface area contributed by atoms with E-state index in [9.17, 15) is 22.0 Å². The summed E-state index contributed by atoms with van der Waals surface area (Å²) < 4.78 is 53.7.